The number of methoxy groups -OCH3 is 1. The molecule has 0 aliphatic heterocycles. The van der Waals surface area contributed by atoms with Crippen LogP contribution in [0.4, 0.5) is 0 Å². The molecular weight excluding hydrogens is 454 g/mol. The van der Waals surface area contributed by atoms with Gasteiger partial charge in [-0.3, -0.25) is 0 Å². The number of allylic oxidation sites excluding steroid dienone is 1. The Kier molecular flexibility index (Phi) is 10.8. The monoisotopic (exact) mass is 479 g/mol. The Morgan fingerprint density at radius 3 is 2.72 bits per heavy atom. The van der Waals surface area contributed by atoms with Gasteiger partial charge in [-0.2, -0.15) is 5.26 Å². The largest absolute Gasteiger partial charge is 0.493 e. The van der Waals surface area contributed by atoms with Crippen molar-refractivity contribution < 1.29 is 23.7 Å². The maximum Gasteiger partial charge on any atom is 0.350 e. The fourth-order valence-electron chi connectivity index (χ4n) is 2.69. The van der Waals surface area contributed by atoms with Gasteiger partial charge in [-0.15, -0.1) is 11.3 Å². The standard InChI is InChI=1S/C22H26ClN3O5S/c1-4-18(17(11-24)21(27)30-9-8-29-5-2)25-12-15-6-7-19(20(10-15)28-3)31-14-16-13-26-22(23)32-16/h6-7,10,13,25H,4-5,8-9,12,14H2,1-3H3/b18-17-. The molecule has 0 aliphatic rings. The Balaban J connectivity index is 2.02. The lowest BCUT2D eigenvalue weighted by molar-refractivity contribution is -0.140. The summed E-state index contributed by atoms with van der Waals surface area (Å²) in [6.07, 6.45) is 2.14. The average molecular weight is 480 g/mol. The number of carbonyl (C=O) groups excluding carboxylic acids is 1. The number of thiazole rings is 1. The SMILES string of the molecule is CCOCCOC(=O)/C(C#N)=C(/CC)NCc1ccc(OCc2cnc(Cl)s2)c(OC)c1. The molecule has 2 aromatic rings. The van der Waals surface area contributed by atoms with Crippen molar-refractivity contribution in [1.29, 1.82) is 5.26 Å². The third-order valence-electron chi connectivity index (χ3n) is 4.27. The van der Waals surface area contributed by atoms with Crippen LogP contribution >= 0.6 is 22.9 Å². The number of benzene rings is 1. The van der Waals surface area contributed by atoms with Crippen LogP contribution in [0.5, 0.6) is 11.5 Å². The van der Waals surface area contributed by atoms with Gasteiger partial charge in [-0.25, -0.2) is 9.78 Å². The Morgan fingerprint density at radius 2 is 2.09 bits per heavy atom. The second kappa shape index (κ2) is 13.6. The van der Waals surface area contributed by atoms with E-state index in [2.05, 4.69) is 10.3 Å². The van der Waals surface area contributed by atoms with Crippen LogP contribution in [0.15, 0.2) is 35.7 Å². The van der Waals surface area contributed by atoms with Gasteiger partial charge in [0.1, 0.15) is 19.3 Å². The molecular formula is C22H26ClN3O5S. The molecule has 172 valence electrons. The highest BCUT2D eigenvalue weighted by atomic mass is 35.5. The van der Waals surface area contributed by atoms with Crippen LogP contribution in [0.2, 0.25) is 4.47 Å². The zero-order valence-electron chi connectivity index (χ0n) is 18.3. The highest BCUT2D eigenvalue weighted by molar-refractivity contribution is 7.15. The van der Waals surface area contributed by atoms with Gasteiger partial charge in [-0.1, -0.05) is 24.6 Å². The van der Waals surface area contributed by atoms with Crippen LogP contribution in [0.1, 0.15) is 30.7 Å². The normalized spacial score (nSPS) is 11.3. The zero-order chi connectivity index (χ0) is 23.3. The van der Waals surface area contributed by atoms with Crippen molar-refractivity contribution >= 4 is 28.9 Å². The summed E-state index contributed by atoms with van der Waals surface area (Å²) in [4.78, 5) is 17.1. The van der Waals surface area contributed by atoms with Crippen molar-refractivity contribution in [2.75, 3.05) is 26.9 Å². The molecule has 1 aromatic heterocycles. The first-order valence-corrected chi connectivity index (χ1v) is 11.2. The van der Waals surface area contributed by atoms with Crippen LogP contribution < -0.4 is 14.8 Å². The molecule has 0 amide bonds. The molecule has 0 radical (unpaired) electrons. The molecule has 0 spiro atoms. The van der Waals surface area contributed by atoms with Gasteiger partial charge in [0.15, 0.2) is 21.5 Å². The lowest BCUT2D eigenvalue weighted by Crippen LogP contribution is -2.20. The lowest BCUT2D eigenvalue weighted by atomic mass is 10.1. The number of nitriles is 1. The molecule has 1 N–H and O–H groups in total. The first kappa shape index (κ1) is 25.5. The van der Waals surface area contributed by atoms with E-state index < -0.39 is 5.97 Å². The molecule has 8 nitrogen and oxygen atoms in total. The predicted octanol–water partition coefficient (Wildman–Crippen LogP) is 4.24. The molecule has 1 aromatic carbocycles. The van der Waals surface area contributed by atoms with Crippen LogP contribution in [0.25, 0.3) is 0 Å². The van der Waals surface area contributed by atoms with Crippen molar-refractivity contribution in [3.63, 3.8) is 0 Å². The third-order valence-corrected chi connectivity index (χ3v) is 5.35. The number of aromatic nitrogens is 1. The maximum absolute atomic E-state index is 12.2. The number of ether oxygens (including phenoxy) is 4. The van der Waals surface area contributed by atoms with Crippen molar-refractivity contribution in [1.82, 2.24) is 10.3 Å². The minimum atomic E-state index is -0.666. The van der Waals surface area contributed by atoms with Crippen LogP contribution in [0, 0.1) is 11.3 Å². The van der Waals surface area contributed by atoms with Gasteiger partial charge in [0.25, 0.3) is 0 Å². The van der Waals surface area contributed by atoms with E-state index in [4.69, 9.17) is 30.5 Å². The molecule has 0 saturated heterocycles. The molecule has 0 unspecified atom stereocenters. The first-order chi connectivity index (χ1) is 15.5. The van der Waals surface area contributed by atoms with Crippen molar-refractivity contribution in [2.24, 2.45) is 0 Å². The number of nitrogens with one attached hydrogen (secondary N) is 1. The summed E-state index contributed by atoms with van der Waals surface area (Å²) in [5, 5.41) is 12.6. The summed E-state index contributed by atoms with van der Waals surface area (Å²) in [5.41, 5.74) is 1.36. The second-order valence-corrected chi connectivity index (χ2v) is 8.06. The van der Waals surface area contributed by atoms with Gasteiger partial charge in [-0.05, 0) is 31.0 Å². The quantitative estimate of drug-likeness (QED) is 0.197. The Bertz CT molecular complexity index is 971. The van der Waals surface area contributed by atoms with E-state index in [1.807, 2.05) is 32.0 Å². The van der Waals surface area contributed by atoms with Crippen LogP contribution in [-0.4, -0.2) is 37.9 Å². The number of nitrogens with zero attached hydrogens (tertiary/aromatic N) is 2. The smallest absolute Gasteiger partial charge is 0.350 e. The van der Waals surface area contributed by atoms with E-state index in [0.29, 0.717) is 54.4 Å². The minimum Gasteiger partial charge on any atom is -0.493 e. The Morgan fingerprint density at radius 1 is 1.28 bits per heavy atom. The fourth-order valence-corrected chi connectivity index (χ4v) is 3.58. The van der Waals surface area contributed by atoms with Gasteiger partial charge in [0, 0.05) is 25.0 Å². The number of hydrogen-bond acceptors (Lipinski definition) is 9. The van der Waals surface area contributed by atoms with Gasteiger partial charge in [0.2, 0.25) is 0 Å². The average Bonchev–Trinajstić information content (AvgIpc) is 3.23. The molecule has 10 heteroatoms. The highest BCUT2D eigenvalue weighted by Gasteiger charge is 2.16. The van der Waals surface area contributed by atoms with E-state index in [0.717, 1.165) is 10.4 Å². The predicted molar refractivity (Wildman–Crippen MR) is 122 cm³/mol. The number of hydrogen-bond donors (Lipinski definition) is 1. The summed E-state index contributed by atoms with van der Waals surface area (Å²) >= 11 is 7.20. The van der Waals surface area contributed by atoms with E-state index in [1.54, 1.807) is 19.4 Å². The number of rotatable bonds is 13. The molecule has 0 saturated carbocycles. The maximum atomic E-state index is 12.2. The fraction of sp³-hybridized carbons (Fsp3) is 0.409. The van der Waals surface area contributed by atoms with E-state index in [-0.39, 0.29) is 12.2 Å². The molecule has 0 aliphatic carbocycles. The van der Waals surface area contributed by atoms with E-state index in [9.17, 15) is 10.1 Å². The topological polar surface area (TPSA) is 103 Å². The molecule has 1 heterocycles. The van der Waals surface area contributed by atoms with E-state index in [1.165, 1.54) is 11.3 Å². The summed E-state index contributed by atoms with van der Waals surface area (Å²) < 4.78 is 22.0. The van der Waals surface area contributed by atoms with Crippen molar-refractivity contribution in [2.45, 2.75) is 33.4 Å². The van der Waals surface area contributed by atoms with Crippen molar-refractivity contribution in [3.05, 3.63) is 50.6 Å². The van der Waals surface area contributed by atoms with E-state index >= 15 is 0 Å². The third kappa shape index (κ3) is 7.71. The summed E-state index contributed by atoms with van der Waals surface area (Å²) in [5.74, 6) is 0.487. The van der Waals surface area contributed by atoms with Crippen LogP contribution in [0.3, 0.4) is 0 Å². The molecule has 2 rings (SSSR count). The Hall–Kier alpha value is -2.80. The van der Waals surface area contributed by atoms with Gasteiger partial charge < -0.3 is 24.3 Å². The number of carbonyl (C=O) groups is 1. The summed E-state index contributed by atoms with van der Waals surface area (Å²) in [6.45, 7) is 5.36. The summed E-state index contributed by atoms with van der Waals surface area (Å²) in [7, 11) is 1.56. The van der Waals surface area contributed by atoms with Crippen LogP contribution in [-0.2, 0) is 27.4 Å². The second-order valence-electron chi connectivity index (χ2n) is 6.36. The molecule has 0 bridgehead atoms. The molecule has 0 fully saturated rings. The van der Waals surface area contributed by atoms with Crippen molar-refractivity contribution in [3.8, 4) is 17.6 Å². The zero-order valence-corrected chi connectivity index (χ0v) is 19.8. The first-order valence-electron chi connectivity index (χ1n) is 10.0. The summed E-state index contributed by atoms with van der Waals surface area (Å²) in [6, 6.07) is 7.46. The number of esters is 1. The number of halogens is 1. The Labute approximate surface area is 196 Å². The lowest BCUT2D eigenvalue weighted by Gasteiger charge is -2.14. The van der Waals surface area contributed by atoms with Gasteiger partial charge in [0.05, 0.1) is 18.6 Å². The minimum absolute atomic E-state index is 0.0425. The van der Waals surface area contributed by atoms with Gasteiger partial charge >= 0.3 is 5.97 Å². The molecule has 32 heavy (non-hydrogen) atoms. The molecule has 0 atom stereocenters. The highest BCUT2D eigenvalue weighted by Crippen LogP contribution is 2.30.